The van der Waals surface area contributed by atoms with Crippen LogP contribution in [0.15, 0.2) is 30.5 Å². The number of aliphatic hydroxyl groups excluding tert-OH is 1. The highest BCUT2D eigenvalue weighted by Crippen LogP contribution is 2.22. The molecule has 0 amide bonds. The van der Waals surface area contributed by atoms with E-state index in [1.165, 1.54) is 18.3 Å². The van der Waals surface area contributed by atoms with Gasteiger partial charge in [-0.2, -0.15) is 0 Å². The van der Waals surface area contributed by atoms with Crippen LogP contribution in [0.1, 0.15) is 12.0 Å². The van der Waals surface area contributed by atoms with Crippen molar-refractivity contribution in [3.8, 4) is 11.8 Å². The van der Waals surface area contributed by atoms with Gasteiger partial charge in [0.1, 0.15) is 11.9 Å². The van der Waals surface area contributed by atoms with E-state index < -0.39 is 11.3 Å². The maximum Gasteiger partial charge on any atom is 0.573 e. The maximum absolute atomic E-state index is 11.7. The molecule has 2 heterocycles. The van der Waals surface area contributed by atoms with E-state index in [2.05, 4.69) is 9.72 Å². The first-order chi connectivity index (χ1) is 11.8. The molecular formula is C14H14F3N3O5. The number of benzene rings is 1. The molecule has 1 aromatic heterocycles. The van der Waals surface area contributed by atoms with Crippen molar-refractivity contribution in [3.05, 3.63) is 46.1 Å². The van der Waals surface area contributed by atoms with E-state index >= 15 is 0 Å². The summed E-state index contributed by atoms with van der Waals surface area (Å²) in [4.78, 5) is 13.5. The molecule has 0 spiro atoms. The van der Waals surface area contributed by atoms with Gasteiger partial charge in [0.05, 0.1) is 13.2 Å². The van der Waals surface area contributed by atoms with Crippen molar-refractivity contribution in [2.75, 3.05) is 6.61 Å². The third kappa shape index (κ3) is 5.64. The molecule has 0 fully saturated rings. The van der Waals surface area contributed by atoms with Crippen molar-refractivity contribution in [2.45, 2.75) is 25.9 Å². The van der Waals surface area contributed by atoms with Gasteiger partial charge in [-0.3, -0.25) is 4.57 Å². The Morgan fingerprint density at radius 3 is 2.56 bits per heavy atom. The lowest BCUT2D eigenvalue weighted by atomic mass is 10.2. The lowest BCUT2D eigenvalue weighted by Gasteiger charge is -2.09. The van der Waals surface area contributed by atoms with Crippen LogP contribution >= 0.6 is 0 Å². The zero-order valence-electron chi connectivity index (χ0n) is 12.8. The van der Waals surface area contributed by atoms with Gasteiger partial charge in [-0.1, -0.05) is 12.1 Å². The lowest BCUT2D eigenvalue weighted by Crippen LogP contribution is -2.16. The average Bonchev–Trinajstić information content (AvgIpc) is 2.99. The van der Waals surface area contributed by atoms with Gasteiger partial charge >= 0.3 is 18.2 Å². The Morgan fingerprint density at radius 2 is 2.04 bits per heavy atom. The zero-order valence-corrected chi connectivity index (χ0v) is 12.8. The number of nitrogens with zero attached hydrogens (tertiary/aromatic N) is 3. The number of rotatable bonds is 3. The SMILES string of the molecule is O=[N+]([O-])c1cn2c(n1)OCCC2.OCc1ccc(OC(F)(F)F)cc1. The average molecular weight is 361 g/mol. The predicted molar refractivity (Wildman–Crippen MR) is 78.0 cm³/mol. The van der Waals surface area contributed by atoms with Crippen molar-refractivity contribution in [2.24, 2.45) is 0 Å². The number of aliphatic hydroxyl groups is 1. The molecule has 1 aliphatic heterocycles. The first-order valence-corrected chi connectivity index (χ1v) is 7.08. The number of hydrogen-bond acceptors (Lipinski definition) is 6. The van der Waals surface area contributed by atoms with Crippen LogP contribution in [0, 0.1) is 10.1 Å². The fourth-order valence-corrected chi connectivity index (χ4v) is 1.94. The summed E-state index contributed by atoms with van der Waals surface area (Å²) in [7, 11) is 0. The topological polar surface area (TPSA) is 99.7 Å². The molecule has 1 aromatic carbocycles. The standard InChI is InChI=1S/C8H7F3O2.C6H7N3O3/c9-8(10,11)13-7-3-1-6(5-12)2-4-7;10-9(11)5-4-8-2-1-3-12-6(8)7-5/h1-4,12H,5H2;4H,1-3H2. The van der Waals surface area contributed by atoms with Gasteiger partial charge in [0.2, 0.25) is 0 Å². The first kappa shape index (κ1) is 18.5. The molecule has 3 rings (SSSR count). The van der Waals surface area contributed by atoms with Crippen molar-refractivity contribution in [1.29, 1.82) is 0 Å². The van der Waals surface area contributed by atoms with Crippen molar-refractivity contribution >= 4 is 5.82 Å². The van der Waals surface area contributed by atoms with Gasteiger partial charge in [0, 0.05) is 11.5 Å². The van der Waals surface area contributed by atoms with E-state index in [4.69, 9.17) is 9.84 Å². The minimum atomic E-state index is -4.67. The van der Waals surface area contributed by atoms with Crippen LogP contribution in [0.4, 0.5) is 19.0 Å². The minimum Gasteiger partial charge on any atom is -0.446 e. The molecule has 25 heavy (non-hydrogen) atoms. The summed E-state index contributed by atoms with van der Waals surface area (Å²) in [6.07, 6.45) is -2.39. The second kappa shape index (κ2) is 7.83. The fourth-order valence-electron chi connectivity index (χ4n) is 1.94. The number of imidazole rings is 1. The number of nitro groups is 1. The van der Waals surface area contributed by atoms with E-state index in [-0.39, 0.29) is 18.2 Å². The monoisotopic (exact) mass is 361 g/mol. The van der Waals surface area contributed by atoms with Gasteiger partial charge in [-0.25, -0.2) is 0 Å². The summed E-state index contributed by atoms with van der Waals surface area (Å²) in [5, 5.41) is 18.9. The van der Waals surface area contributed by atoms with Crippen LogP contribution in [0.5, 0.6) is 11.8 Å². The maximum atomic E-state index is 11.7. The number of hydrogen-bond donors (Lipinski definition) is 1. The first-order valence-electron chi connectivity index (χ1n) is 7.08. The number of halogens is 3. The third-order valence-corrected chi connectivity index (χ3v) is 3.03. The summed E-state index contributed by atoms with van der Waals surface area (Å²) in [6, 6.07) is 5.38. The molecular weight excluding hydrogens is 347 g/mol. The van der Waals surface area contributed by atoms with Gasteiger partial charge in [-0.05, 0) is 29.0 Å². The van der Waals surface area contributed by atoms with Crippen LogP contribution in [0.25, 0.3) is 0 Å². The van der Waals surface area contributed by atoms with Gasteiger partial charge < -0.3 is 24.7 Å². The molecule has 0 unspecified atom stereocenters. The smallest absolute Gasteiger partial charge is 0.446 e. The molecule has 0 saturated heterocycles. The number of alkyl halides is 3. The van der Waals surface area contributed by atoms with E-state index in [1.807, 2.05) is 0 Å². The normalized spacial score (nSPS) is 13.1. The Kier molecular flexibility index (Phi) is 5.80. The van der Waals surface area contributed by atoms with Gasteiger partial charge in [0.15, 0.2) is 0 Å². The highest BCUT2D eigenvalue weighted by molar-refractivity contribution is 5.26. The van der Waals surface area contributed by atoms with Crippen molar-refractivity contribution < 1.29 is 32.7 Å². The molecule has 0 bridgehead atoms. The quantitative estimate of drug-likeness (QED) is 0.666. The van der Waals surface area contributed by atoms with Crippen LogP contribution in [0.3, 0.4) is 0 Å². The van der Waals surface area contributed by atoms with Crippen molar-refractivity contribution in [1.82, 2.24) is 9.55 Å². The van der Waals surface area contributed by atoms with Crippen LogP contribution < -0.4 is 9.47 Å². The molecule has 8 nitrogen and oxygen atoms in total. The summed E-state index contributed by atoms with van der Waals surface area (Å²) in [6.45, 7) is 1.14. The highest BCUT2D eigenvalue weighted by atomic mass is 19.4. The Labute approximate surface area is 139 Å². The molecule has 1 aliphatic rings. The second-order valence-corrected chi connectivity index (χ2v) is 4.88. The lowest BCUT2D eigenvalue weighted by molar-refractivity contribution is -0.389. The van der Waals surface area contributed by atoms with Crippen LogP contribution in [-0.4, -0.2) is 32.6 Å². The largest absolute Gasteiger partial charge is 0.573 e. The minimum absolute atomic E-state index is 0.146. The second-order valence-electron chi connectivity index (χ2n) is 4.88. The van der Waals surface area contributed by atoms with E-state index in [9.17, 15) is 23.3 Å². The molecule has 0 aliphatic carbocycles. The fraction of sp³-hybridized carbons (Fsp3) is 0.357. The summed E-state index contributed by atoms with van der Waals surface area (Å²) >= 11 is 0. The number of aryl methyl sites for hydroxylation is 1. The molecule has 11 heteroatoms. The molecule has 0 atom stereocenters. The third-order valence-electron chi connectivity index (χ3n) is 3.03. The Balaban J connectivity index is 0.000000181. The molecule has 1 N–H and O–H groups in total. The zero-order chi connectivity index (χ0) is 18.4. The summed E-state index contributed by atoms with van der Waals surface area (Å²) < 4.78 is 45.3. The Hall–Kier alpha value is -2.82. The molecule has 0 radical (unpaired) electrons. The number of fused-ring (bicyclic) bond motifs is 1. The van der Waals surface area contributed by atoms with Crippen LogP contribution in [0.2, 0.25) is 0 Å². The summed E-state index contributed by atoms with van der Waals surface area (Å²) in [5.74, 6) is -0.434. The molecule has 2 aromatic rings. The number of ether oxygens (including phenoxy) is 2. The predicted octanol–water partition coefficient (Wildman–Crippen LogP) is 2.65. The van der Waals surface area contributed by atoms with Crippen LogP contribution in [-0.2, 0) is 13.2 Å². The Bertz CT molecular complexity index is 692. The van der Waals surface area contributed by atoms with E-state index in [1.54, 1.807) is 4.57 Å². The Morgan fingerprint density at radius 1 is 1.36 bits per heavy atom. The van der Waals surface area contributed by atoms with Gasteiger partial charge in [0.25, 0.3) is 0 Å². The molecule has 0 saturated carbocycles. The molecule has 136 valence electrons. The van der Waals surface area contributed by atoms with Gasteiger partial charge in [-0.15, -0.1) is 13.2 Å². The van der Waals surface area contributed by atoms with E-state index in [0.717, 1.165) is 25.1 Å². The number of aromatic nitrogens is 2. The highest BCUT2D eigenvalue weighted by Gasteiger charge is 2.30. The summed E-state index contributed by atoms with van der Waals surface area (Å²) in [5.41, 5.74) is 0.537. The van der Waals surface area contributed by atoms with Crippen molar-refractivity contribution in [3.63, 3.8) is 0 Å². The van der Waals surface area contributed by atoms with E-state index in [0.29, 0.717) is 18.2 Å².